The highest BCUT2D eigenvalue weighted by Crippen LogP contribution is 2.44. The van der Waals surface area contributed by atoms with E-state index in [1.165, 1.54) is 42.6 Å². The van der Waals surface area contributed by atoms with Crippen LogP contribution in [-0.4, -0.2) is 42.1 Å². The first kappa shape index (κ1) is 19.3. The molecular weight excluding hydrogens is 368 g/mol. The first-order chi connectivity index (χ1) is 14.7. The summed E-state index contributed by atoms with van der Waals surface area (Å²) < 4.78 is 0. The summed E-state index contributed by atoms with van der Waals surface area (Å²) in [7, 11) is 0. The Hall–Kier alpha value is -2.64. The minimum atomic E-state index is 0.484. The summed E-state index contributed by atoms with van der Waals surface area (Å²) in [6.45, 7) is 6.92. The zero-order valence-corrected chi connectivity index (χ0v) is 17.8. The molecule has 1 aromatic heterocycles. The number of hydrogen-bond donors (Lipinski definition) is 0. The van der Waals surface area contributed by atoms with Gasteiger partial charge >= 0.3 is 0 Å². The van der Waals surface area contributed by atoms with E-state index in [1.54, 1.807) is 0 Å². The number of benzene rings is 1. The lowest BCUT2D eigenvalue weighted by molar-refractivity contribution is 0.272. The van der Waals surface area contributed by atoms with Gasteiger partial charge in [-0.25, -0.2) is 4.98 Å². The van der Waals surface area contributed by atoms with E-state index in [9.17, 15) is 0 Å². The van der Waals surface area contributed by atoms with E-state index in [1.807, 2.05) is 18.3 Å². The summed E-state index contributed by atoms with van der Waals surface area (Å²) in [5.74, 6) is 1.28. The molecule has 2 saturated heterocycles. The number of pyridine rings is 1. The third-order valence-corrected chi connectivity index (χ3v) is 7.37. The molecule has 1 aliphatic carbocycles. The molecule has 0 bridgehead atoms. The van der Waals surface area contributed by atoms with Crippen molar-refractivity contribution in [3.63, 3.8) is 0 Å². The molecule has 4 heteroatoms. The van der Waals surface area contributed by atoms with E-state index in [0.29, 0.717) is 17.5 Å². The van der Waals surface area contributed by atoms with E-state index < -0.39 is 0 Å². The number of fused-ring (bicyclic) bond motifs is 1. The van der Waals surface area contributed by atoms with Crippen molar-refractivity contribution in [2.24, 2.45) is 11.8 Å². The Kier molecular flexibility index (Phi) is 5.31. The highest BCUT2D eigenvalue weighted by atomic mass is 15.2. The minimum absolute atomic E-state index is 0.484. The van der Waals surface area contributed by atoms with Crippen LogP contribution in [0.2, 0.25) is 0 Å². The van der Waals surface area contributed by atoms with Gasteiger partial charge in [0.25, 0.3) is 0 Å². The smallest absolute Gasteiger partial charge is 0.140 e. The topological polar surface area (TPSA) is 43.2 Å². The van der Waals surface area contributed by atoms with Crippen LogP contribution in [0.25, 0.3) is 5.57 Å². The third kappa shape index (κ3) is 3.75. The predicted molar refractivity (Wildman–Crippen MR) is 121 cm³/mol. The first-order valence-electron chi connectivity index (χ1n) is 11.4. The second kappa shape index (κ2) is 8.24. The van der Waals surface area contributed by atoms with Gasteiger partial charge in [-0.1, -0.05) is 30.3 Å². The van der Waals surface area contributed by atoms with Crippen LogP contribution in [0.5, 0.6) is 0 Å². The van der Waals surface area contributed by atoms with Crippen molar-refractivity contribution in [1.29, 1.82) is 5.26 Å². The first-order valence-corrected chi connectivity index (χ1v) is 11.4. The molecular formula is C26H30N4. The fourth-order valence-electron chi connectivity index (χ4n) is 5.54. The molecule has 1 aromatic carbocycles. The van der Waals surface area contributed by atoms with Gasteiger partial charge in [0.2, 0.25) is 0 Å². The highest BCUT2D eigenvalue weighted by molar-refractivity contribution is 5.72. The van der Waals surface area contributed by atoms with Crippen molar-refractivity contribution in [2.75, 3.05) is 31.1 Å². The molecule has 3 atom stereocenters. The fourth-order valence-corrected chi connectivity index (χ4v) is 5.54. The van der Waals surface area contributed by atoms with E-state index in [4.69, 9.17) is 5.26 Å². The van der Waals surface area contributed by atoms with Crippen LogP contribution in [0, 0.1) is 23.2 Å². The molecule has 30 heavy (non-hydrogen) atoms. The summed E-state index contributed by atoms with van der Waals surface area (Å²) in [4.78, 5) is 9.31. The van der Waals surface area contributed by atoms with Crippen LogP contribution < -0.4 is 4.90 Å². The van der Waals surface area contributed by atoms with Crippen LogP contribution in [-0.2, 0) is 6.42 Å². The number of hydrogen-bond acceptors (Lipinski definition) is 4. The van der Waals surface area contributed by atoms with Gasteiger partial charge in [0.15, 0.2) is 0 Å². The van der Waals surface area contributed by atoms with Crippen LogP contribution >= 0.6 is 0 Å². The molecule has 4 nitrogen and oxygen atoms in total. The van der Waals surface area contributed by atoms with Crippen LogP contribution in [0.3, 0.4) is 0 Å². The second-order valence-corrected chi connectivity index (χ2v) is 9.15. The van der Waals surface area contributed by atoms with Crippen molar-refractivity contribution in [2.45, 2.75) is 38.6 Å². The zero-order valence-electron chi connectivity index (χ0n) is 17.8. The molecule has 0 N–H and O–H groups in total. The van der Waals surface area contributed by atoms with Gasteiger partial charge in [-0.05, 0) is 73.9 Å². The Morgan fingerprint density at radius 1 is 1.13 bits per heavy atom. The number of anilines is 1. The summed E-state index contributed by atoms with van der Waals surface area (Å²) >= 11 is 0. The van der Waals surface area contributed by atoms with Gasteiger partial charge in [0.05, 0.1) is 11.9 Å². The largest absolute Gasteiger partial charge is 0.369 e. The molecule has 3 heterocycles. The molecule has 0 radical (unpaired) electrons. The summed E-state index contributed by atoms with van der Waals surface area (Å²) in [6, 6.07) is 16.1. The van der Waals surface area contributed by atoms with E-state index in [-0.39, 0.29) is 0 Å². The van der Waals surface area contributed by atoms with Crippen LogP contribution in [0.4, 0.5) is 5.69 Å². The quantitative estimate of drug-likeness (QED) is 0.743. The second-order valence-electron chi connectivity index (χ2n) is 9.15. The normalized spacial score (nSPS) is 25.9. The zero-order chi connectivity index (χ0) is 20.5. The Labute approximate surface area is 179 Å². The number of allylic oxidation sites excluding steroid dienone is 1. The third-order valence-electron chi connectivity index (χ3n) is 7.37. The standard InChI is InChI=1S/C26H30N4/c1-19-3-2-13-29(19)14-12-20-4-6-21(7-5-20)25-11-8-22-17-30(18-26(22)25)24-10-9-23(15-27)28-16-24/h4-7,9-11,16,19,22,26H,2-3,8,12-14,17-18H2,1H3/t19-,22-,26+/m1/s1. The summed E-state index contributed by atoms with van der Waals surface area (Å²) in [5.41, 5.74) is 5.97. The highest BCUT2D eigenvalue weighted by Gasteiger charge is 2.38. The maximum atomic E-state index is 8.97. The Morgan fingerprint density at radius 2 is 2.00 bits per heavy atom. The van der Waals surface area contributed by atoms with Crippen LogP contribution in [0.1, 0.15) is 43.0 Å². The Morgan fingerprint density at radius 3 is 2.70 bits per heavy atom. The molecule has 2 fully saturated rings. The average molecular weight is 399 g/mol. The maximum absolute atomic E-state index is 8.97. The number of rotatable bonds is 5. The monoisotopic (exact) mass is 398 g/mol. The number of aromatic nitrogens is 1. The van der Waals surface area contributed by atoms with Gasteiger partial charge in [-0.2, -0.15) is 5.26 Å². The van der Waals surface area contributed by atoms with E-state index in [0.717, 1.165) is 37.7 Å². The number of nitrogens with zero attached hydrogens (tertiary/aromatic N) is 4. The molecule has 2 aliphatic heterocycles. The number of nitriles is 1. The molecule has 5 rings (SSSR count). The molecule has 154 valence electrons. The van der Waals surface area contributed by atoms with Gasteiger partial charge in [-0.3, -0.25) is 0 Å². The maximum Gasteiger partial charge on any atom is 0.140 e. The predicted octanol–water partition coefficient (Wildman–Crippen LogP) is 4.52. The molecule has 3 aliphatic rings. The molecule has 0 saturated carbocycles. The fraction of sp³-hybridized carbons (Fsp3) is 0.462. The molecule has 0 spiro atoms. The lowest BCUT2D eigenvalue weighted by Crippen LogP contribution is -2.28. The molecule has 0 unspecified atom stereocenters. The van der Waals surface area contributed by atoms with E-state index in [2.05, 4.69) is 58.1 Å². The molecule has 0 amide bonds. The minimum Gasteiger partial charge on any atom is -0.369 e. The van der Waals surface area contributed by atoms with Crippen molar-refractivity contribution in [3.05, 3.63) is 65.5 Å². The van der Waals surface area contributed by atoms with Crippen molar-refractivity contribution in [3.8, 4) is 6.07 Å². The van der Waals surface area contributed by atoms with Gasteiger partial charge in [0, 0.05) is 31.6 Å². The lowest BCUT2D eigenvalue weighted by atomic mass is 9.90. The molecule has 2 aromatic rings. The summed E-state index contributed by atoms with van der Waals surface area (Å²) in [5, 5.41) is 8.97. The average Bonchev–Trinajstić information content (AvgIpc) is 3.49. The van der Waals surface area contributed by atoms with Crippen LogP contribution in [0.15, 0.2) is 48.7 Å². The van der Waals surface area contributed by atoms with Crippen molar-refractivity contribution < 1.29 is 0 Å². The van der Waals surface area contributed by atoms with E-state index >= 15 is 0 Å². The van der Waals surface area contributed by atoms with Crippen molar-refractivity contribution >= 4 is 11.3 Å². The van der Waals surface area contributed by atoms with Gasteiger partial charge < -0.3 is 9.80 Å². The Balaban J connectivity index is 1.22. The van der Waals surface area contributed by atoms with Gasteiger partial charge in [-0.15, -0.1) is 0 Å². The summed E-state index contributed by atoms with van der Waals surface area (Å²) in [6.07, 6.45) is 9.32. The number of likely N-dealkylation sites (tertiary alicyclic amines) is 1. The Bertz CT molecular complexity index is 954. The lowest BCUT2D eigenvalue weighted by Gasteiger charge is -2.21. The van der Waals surface area contributed by atoms with Crippen molar-refractivity contribution in [1.82, 2.24) is 9.88 Å². The van der Waals surface area contributed by atoms with Gasteiger partial charge in [0.1, 0.15) is 11.8 Å². The SMILES string of the molecule is C[C@@H]1CCCN1CCc1ccc(C2=CC[C@@H]3CN(c4ccc(C#N)nc4)C[C@H]23)cc1.